The Balaban J connectivity index is 2.28. The molecule has 0 aromatic carbocycles. The molecular formula is C11H11N3O4S. The van der Waals surface area contributed by atoms with E-state index in [1.54, 1.807) is 11.6 Å². The average Bonchev–Trinajstić information content (AvgIpc) is 2.84. The summed E-state index contributed by atoms with van der Waals surface area (Å²) >= 11 is 1.29. The van der Waals surface area contributed by atoms with Crippen molar-refractivity contribution in [3.8, 4) is 0 Å². The van der Waals surface area contributed by atoms with E-state index in [2.05, 4.69) is 4.98 Å². The van der Waals surface area contributed by atoms with Crippen molar-refractivity contribution in [2.45, 2.75) is 6.42 Å². The van der Waals surface area contributed by atoms with E-state index in [0.717, 1.165) is 0 Å². The fraction of sp³-hybridized carbons (Fsp3) is 0.273. The second-order valence-electron chi connectivity index (χ2n) is 3.90. The molecule has 0 aliphatic carbocycles. The first kappa shape index (κ1) is 13.2. The van der Waals surface area contributed by atoms with Gasteiger partial charge in [-0.25, -0.2) is 4.98 Å². The molecular weight excluding hydrogens is 270 g/mol. The number of nitrogens with zero attached hydrogens (tertiary/aromatic N) is 3. The Morgan fingerprint density at radius 3 is 2.95 bits per heavy atom. The Morgan fingerprint density at radius 1 is 1.53 bits per heavy atom. The standard InChI is InChI=1S/C11H11N3O4S/c1-13(3-2-8(15)16)9(17)7-6-12-11-14(10(7)18)4-5-19-11/h4-6H,2-3H2,1H3,(H,15,16). The molecule has 100 valence electrons. The predicted octanol–water partition coefficient (Wildman–Crippen LogP) is 0.303. The van der Waals surface area contributed by atoms with Gasteiger partial charge in [0.25, 0.3) is 11.5 Å². The number of aromatic nitrogens is 2. The SMILES string of the molecule is CN(CCC(=O)O)C(=O)c1cnc2sccn2c1=O. The quantitative estimate of drug-likeness (QED) is 0.870. The molecule has 8 heteroatoms. The van der Waals surface area contributed by atoms with E-state index in [-0.39, 0.29) is 18.5 Å². The third kappa shape index (κ3) is 2.63. The number of thiazole rings is 1. The Labute approximate surface area is 111 Å². The van der Waals surface area contributed by atoms with Gasteiger partial charge in [0.05, 0.1) is 6.42 Å². The van der Waals surface area contributed by atoms with Crippen LogP contribution >= 0.6 is 11.3 Å². The third-order valence-corrected chi connectivity index (χ3v) is 3.35. The maximum Gasteiger partial charge on any atom is 0.305 e. The number of carboxylic acids is 1. The lowest BCUT2D eigenvalue weighted by molar-refractivity contribution is -0.137. The lowest BCUT2D eigenvalue weighted by Gasteiger charge is -2.15. The Morgan fingerprint density at radius 2 is 2.26 bits per heavy atom. The van der Waals surface area contributed by atoms with Gasteiger partial charge >= 0.3 is 5.97 Å². The van der Waals surface area contributed by atoms with E-state index in [9.17, 15) is 14.4 Å². The first-order chi connectivity index (χ1) is 9.00. The molecule has 0 atom stereocenters. The number of rotatable bonds is 4. The van der Waals surface area contributed by atoms with Crippen molar-refractivity contribution in [1.82, 2.24) is 14.3 Å². The molecule has 1 N–H and O–H groups in total. The van der Waals surface area contributed by atoms with Gasteiger partial charge in [-0.2, -0.15) is 0 Å². The zero-order chi connectivity index (χ0) is 14.0. The second-order valence-corrected chi connectivity index (χ2v) is 4.78. The topological polar surface area (TPSA) is 92.0 Å². The maximum atomic E-state index is 12.0. The zero-order valence-corrected chi connectivity index (χ0v) is 10.9. The van der Waals surface area contributed by atoms with Gasteiger partial charge in [0.1, 0.15) is 5.56 Å². The molecule has 0 unspecified atom stereocenters. The van der Waals surface area contributed by atoms with Crippen LogP contribution < -0.4 is 5.56 Å². The molecule has 0 saturated carbocycles. The van der Waals surface area contributed by atoms with Gasteiger partial charge in [0.2, 0.25) is 0 Å². The highest BCUT2D eigenvalue weighted by Crippen LogP contribution is 2.06. The minimum Gasteiger partial charge on any atom is -0.481 e. The Hall–Kier alpha value is -2.22. The second kappa shape index (κ2) is 5.19. The minimum absolute atomic E-state index is 0.0416. The van der Waals surface area contributed by atoms with Crippen LogP contribution in [-0.4, -0.2) is 44.9 Å². The minimum atomic E-state index is -0.997. The van der Waals surface area contributed by atoms with E-state index < -0.39 is 17.4 Å². The monoisotopic (exact) mass is 281 g/mol. The van der Waals surface area contributed by atoms with E-state index in [1.165, 1.54) is 33.9 Å². The average molecular weight is 281 g/mol. The molecule has 2 heterocycles. The van der Waals surface area contributed by atoms with E-state index in [4.69, 9.17) is 5.11 Å². The number of hydrogen-bond acceptors (Lipinski definition) is 5. The fourth-order valence-electron chi connectivity index (χ4n) is 1.54. The highest BCUT2D eigenvalue weighted by Gasteiger charge is 2.18. The van der Waals surface area contributed by atoms with Gasteiger partial charge in [-0.05, 0) is 0 Å². The van der Waals surface area contributed by atoms with Crippen LogP contribution in [0.5, 0.6) is 0 Å². The molecule has 19 heavy (non-hydrogen) atoms. The summed E-state index contributed by atoms with van der Waals surface area (Å²) in [5, 5.41) is 10.3. The Bertz CT molecular complexity index is 691. The fourth-order valence-corrected chi connectivity index (χ4v) is 2.22. The summed E-state index contributed by atoms with van der Waals surface area (Å²) < 4.78 is 1.29. The number of carbonyl (C=O) groups is 2. The maximum absolute atomic E-state index is 12.0. The van der Waals surface area contributed by atoms with Gasteiger partial charge < -0.3 is 10.0 Å². The largest absolute Gasteiger partial charge is 0.481 e. The van der Waals surface area contributed by atoms with Crippen LogP contribution in [0.1, 0.15) is 16.8 Å². The summed E-state index contributed by atoms with van der Waals surface area (Å²) in [7, 11) is 1.45. The first-order valence-electron chi connectivity index (χ1n) is 5.43. The van der Waals surface area contributed by atoms with Crippen molar-refractivity contribution < 1.29 is 14.7 Å². The van der Waals surface area contributed by atoms with E-state index in [0.29, 0.717) is 4.96 Å². The number of carbonyl (C=O) groups excluding carboxylic acids is 1. The number of aliphatic carboxylic acids is 1. The Kier molecular flexibility index (Phi) is 3.61. The smallest absolute Gasteiger partial charge is 0.305 e. The van der Waals surface area contributed by atoms with Crippen LogP contribution in [0.2, 0.25) is 0 Å². The van der Waals surface area contributed by atoms with Crippen LogP contribution in [0, 0.1) is 0 Å². The highest BCUT2D eigenvalue weighted by atomic mass is 32.1. The normalized spacial score (nSPS) is 10.6. The van der Waals surface area contributed by atoms with E-state index >= 15 is 0 Å². The molecule has 1 amide bonds. The highest BCUT2D eigenvalue weighted by molar-refractivity contribution is 7.15. The lowest BCUT2D eigenvalue weighted by Crippen LogP contribution is -2.34. The van der Waals surface area contributed by atoms with Crippen LogP contribution in [0.15, 0.2) is 22.6 Å². The summed E-state index contributed by atoms with van der Waals surface area (Å²) in [4.78, 5) is 40.2. The van der Waals surface area contributed by atoms with Gasteiger partial charge in [-0.15, -0.1) is 11.3 Å². The molecule has 2 aromatic heterocycles. The molecule has 0 spiro atoms. The van der Waals surface area contributed by atoms with Crippen molar-refractivity contribution >= 4 is 28.2 Å². The molecule has 0 fully saturated rings. The van der Waals surface area contributed by atoms with Crippen molar-refractivity contribution in [2.75, 3.05) is 13.6 Å². The number of hydrogen-bond donors (Lipinski definition) is 1. The van der Waals surface area contributed by atoms with Gasteiger partial charge in [0, 0.05) is 31.4 Å². The van der Waals surface area contributed by atoms with Crippen molar-refractivity contribution in [2.24, 2.45) is 0 Å². The van der Waals surface area contributed by atoms with Crippen LogP contribution in [-0.2, 0) is 4.79 Å². The number of amides is 1. The summed E-state index contributed by atoms with van der Waals surface area (Å²) in [6.45, 7) is 0.0416. The summed E-state index contributed by atoms with van der Waals surface area (Å²) in [5.74, 6) is -1.53. The molecule has 2 rings (SSSR count). The van der Waals surface area contributed by atoms with Crippen molar-refractivity contribution in [3.05, 3.63) is 33.7 Å². The molecule has 0 saturated heterocycles. The summed E-state index contributed by atoms with van der Waals surface area (Å²) in [5.41, 5.74) is -0.512. The zero-order valence-electron chi connectivity index (χ0n) is 10.1. The van der Waals surface area contributed by atoms with Crippen LogP contribution in [0.3, 0.4) is 0 Å². The van der Waals surface area contributed by atoms with Gasteiger partial charge in [-0.3, -0.25) is 18.8 Å². The number of carboxylic acid groups (broad SMARTS) is 1. The van der Waals surface area contributed by atoms with E-state index in [1.807, 2.05) is 0 Å². The molecule has 0 aliphatic rings. The van der Waals surface area contributed by atoms with Gasteiger partial charge in [0.15, 0.2) is 4.96 Å². The molecule has 0 radical (unpaired) electrons. The first-order valence-corrected chi connectivity index (χ1v) is 6.31. The number of fused-ring (bicyclic) bond motifs is 1. The van der Waals surface area contributed by atoms with Crippen LogP contribution in [0.25, 0.3) is 4.96 Å². The molecule has 0 bridgehead atoms. The molecule has 0 aliphatic heterocycles. The molecule has 2 aromatic rings. The van der Waals surface area contributed by atoms with Gasteiger partial charge in [-0.1, -0.05) is 0 Å². The third-order valence-electron chi connectivity index (χ3n) is 2.58. The predicted molar refractivity (Wildman–Crippen MR) is 68.6 cm³/mol. The molecule has 7 nitrogen and oxygen atoms in total. The van der Waals surface area contributed by atoms with Crippen LogP contribution in [0.4, 0.5) is 0 Å². The summed E-state index contributed by atoms with van der Waals surface area (Å²) in [6.07, 6.45) is 2.61. The van der Waals surface area contributed by atoms with Crippen molar-refractivity contribution in [3.63, 3.8) is 0 Å². The summed E-state index contributed by atoms with van der Waals surface area (Å²) in [6, 6.07) is 0. The lowest BCUT2D eigenvalue weighted by atomic mass is 10.3. The van der Waals surface area contributed by atoms with Crippen molar-refractivity contribution in [1.29, 1.82) is 0 Å².